The quantitative estimate of drug-likeness (QED) is 0.833. The zero-order valence-electron chi connectivity index (χ0n) is 9.04. The van der Waals surface area contributed by atoms with E-state index in [-0.39, 0.29) is 0 Å². The van der Waals surface area contributed by atoms with Gasteiger partial charge >= 0.3 is 0 Å². The predicted molar refractivity (Wildman–Crippen MR) is 73.6 cm³/mol. The first-order chi connectivity index (χ1) is 8.04. The highest BCUT2D eigenvalue weighted by molar-refractivity contribution is 9.10. The Hall–Kier alpha value is -1.33. The van der Waals surface area contributed by atoms with Crippen LogP contribution < -0.4 is 11.1 Å². The van der Waals surface area contributed by atoms with Crippen molar-refractivity contribution in [3.05, 3.63) is 39.5 Å². The molecule has 3 N–H and O–H groups in total. The minimum atomic E-state index is 0.404. The third-order valence-corrected chi connectivity index (χ3v) is 2.79. The monoisotopic (exact) mass is 312 g/mol. The van der Waals surface area contributed by atoms with Gasteiger partial charge in [0.2, 0.25) is 5.95 Å². The molecule has 0 aliphatic carbocycles. The Balaban J connectivity index is 2.31. The summed E-state index contributed by atoms with van der Waals surface area (Å²) in [6, 6.07) is 7.18. The maximum atomic E-state index is 5.88. The van der Waals surface area contributed by atoms with Gasteiger partial charge in [0.25, 0.3) is 0 Å². The molecule has 1 aromatic heterocycles. The lowest BCUT2D eigenvalue weighted by molar-refractivity contribution is 1.14. The van der Waals surface area contributed by atoms with Gasteiger partial charge in [0, 0.05) is 16.8 Å². The van der Waals surface area contributed by atoms with Crippen LogP contribution in [0.1, 0.15) is 5.56 Å². The molecule has 0 aliphatic rings. The highest BCUT2D eigenvalue weighted by Crippen LogP contribution is 2.23. The number of rotatable bonds is 2. The average molecular weight is 314 g/mol. The molecule has 0 saturated heterocycles. The zero-order chi connectivity index (χ0) is 12.4. The van der Waals surface area contributed by atoms with E-state index < -0.39 is 0 Å². The van der Waals surface area contributed by atoms with Crippen LogP contribution in [-0.2, 0) is 0 Å². The van der Waals surface area contributed by atoms with Crippen LogP contribution >= 0.6 is 27.5 Å². The molecule has 0 saturated carbocycles. The molecule has 0 amide bonds. The molecule has 0 unspecified atom stereocenters. The molecular formula is C11H10BrClN4. The number of nitrogens with zero attached hydrogens (tertiary/aromatic N) is 2. The van der Waals surface area contributed by atoms with Crippen LogP contribution in [-0.4, -0.2) is 9.97 Å². The Morgan fingerprint density at radius 1 is 1.29 bits per heavy atom. The molecule has 88 valence electrons. The van der Waals surface area contributed by atoms with Crippen LogP contribution in [0.3, 0.4) is 0 Å². The number of aryl methyl sites for hydroxylation is 1. The summed E-state index contributed by atoms with van der Waals surface area (Å²) in [6.07, 6.45) is 0. The predicted octanol–water partition coefficient (Wildman–Crippen LogP) is 3.53. The van der Waals surface area contributed by atoms with E-state index in [2.05, 4.69) is 31.2 Å². The van der Waals surface area contributed by atoms with E-state index in [0.29, 0.717) is 21.4 Å². The zero-order valence-corrected chi connectivity index (χ0v) is 11.4. The molecular weight excluding hydrogens is 304 g/mol. The standard InChI is InChI=1S/C11H10BrClN4/c1-6-4-7(13)2-3-8(6)15-11-16-9(12)5-10(14)17-11/h2-5H,1H3,(H3,14,15,16,17). The summed E-state index contributed by atoms with van der Waals surface area (Å²) >= 11 is 9.15. The number of nitrogens with one attached hydrogen (secondary N) is 1. The van der Waals surface area contributed by atoms with Crippen molar-refractivity contribution in [1.29, 1.82) is 0 Å². The van der Waals surface area contributed by atoms with Gasteiger partial charge in [0.15, 0.2) is 0 Å². The molecule has 1 aromatic carbocycles. The highest BCUT2D eigenvalue weighted by atomic mass is 79.9. The Morgan fingerprint density at radius 2 is 2.06 bits per heavy atom. The molecule has 0 atom stereocenters. The van der Waals surface area contributed by atoms with Gasteiger partial charge in [-0.05, 0) is 46.6 Å². The summed E-state index contributed by atoms with van der Waals surface area (Å²) in [5.74, 6) is 0.850. The first-order valence-corrected chi connectivity index (χ1v) is 6.05. The van der Waals surface area contributed by atoms with Crippen LogP contribution in [0, 0.1) is 6.92 Å². The summed E-state index contributed by atoms with van der Waals surface area (Å²) < 4.78 is 0.638. The number of hydrogen-bond donors (Lipinski definition) is 2. The molecule has 0 spiro atoms. The largest absolute Gasteiger partial charge is 0.383 e. The summed E-state index contributed by atoms with van der Waals surface area (Å²) in [5, 5.41) is 3.79. The van der Waals surface area contributed by atoms with E-state index in [1.807, 2.05) is 19.1 Å². The number of benzene rings is 1. The SMILES string of the molecule is Cc1cc(Cl)ccc1Nc1nc(N)cc(Br)n1. The Kier molecular flexibility index (Phi) is 3.49. The first-order valence-electron chi connectivity index (χ1n) is 4.88. The lowest BCUT2D eigenvalue weighted by atomic mass is 10.2. The van der Waals surface area contributed by atoms with Crippen molar-refractivity contribution in [2.75, 3.05) is 11.1 Å². The fourth-order valence-electron chi connectivity index (χ4n) is 1.38. The van der Waals surface area contributed by atoms with Crippen LogP contribution in [0.2, 0.25) is 5.02 Å². The van der Waals surface area contributed by atoms with E-state index in [1.54, 1.807) is 12.1 Å². The summed E-state index contributed by atoms with van der Waals surface area (Å²) in [4.78, 5) is 8.26. The second-order valence-corrected chi connectivity index (χ2v) is 4.77. The average Bonchev–Trinajstić information content (AvgIpc) is 2.21. The smallest absolute Gasteiger partial charge is 0.230 e. The summed E-state index contributed by atoms with van der Waals surface area (Å²) in [7, 11) is 0. The van der Waals surface area contributed by atoms with E-state index in [1.165, 1.54) is 0 Å². The van der Waals surface area contributed by atoms with E-state index >= 15 is 0 Å². The van der Waals surface area contributed by atoms with Gasteiger partial charge < -0.3 is 11.1 Å². The van der Waals surface area contributed by atoms with Crippen LogP contribution in [0.4, 0.5) is 17.5 Å². The van der Waals surface area contributed by atoms with Crippen LogP contribution in [0.5, 0.6) is 0 Å². The number of anilines is 3. The molecule has 1 heterocycles. The molecule has 4 nitrogen and oxygen atoms in total. The number of hydrogen-bond acceptors (Lipinski definition) is 4. The second-order valence-electron chi connectivity index (χ2n) is 3.52. The minimum Gasteiger partial charge on any atom is -0.383 e. The van der Waals surface area contributed by atoms with Gasteiger partial charge in [-0.2, -0.15) is 4.98 Å². The number of nitrogen functional groups attached to an aromatic ring is 1. The molecule has 0 aliphatic heterocycles. The van der Waals surface area contributed by atoms with Crippen LogP contribution in [0.25, 0.3) is 0 Å². The van der Waals surface area contributed by atoms with Gasteiger partial charge in [0.05, 0.1) is 0 Å². The molecule has 0 fully saturated rings. The third kappa shape index (κ3) is 3.08. The molecule has 0 radical (unpaired) electrons. The molecule has 2 aromatic rings. The second kappa shape index (κ2) is 4.89. The van der Waals surface area contributed by atoms with Crippen molar-refractivity contribution in [3.63, 3.8) is 0 Å². The normalized spacial score (nSPS) is 10.3. The molecule has 17 heavy (non-hydrogen) atoms. The molecule has 0 bridgehead atoms. The van der Waals surface area contributed by atoms with Gasteiger partial charge in [-0.3, -0.25) is 0 Å². The third-order valence-electron chi connectivity index (χ3n) is 2.15. The van der Waals surface area contributed by atoms with Crippen LogP contribution in [0.15, 0.2) is 28.9 Å². The van der Waals surface area contributed by atoms with Crippen molar-refractivity contribution < 1.29 is 0 Å². The fraction of sp³-hybridized carbons (Fsp3) is 0.0909. The van der Waals surface area contributed by atoms with Crippen molar-refractivity contribution >= 4 is 45.0 Å². The summed E-state index contributed by atoms with van der Waals surface area (Å²) in [5.41, 5.74) is 7.54. The number of aromatic nitrogens is 2. The highest BCUT2D eigenvalue weighted by Gasteiger charge is 2.04. The first kappa shape index (κ1) is 12.1. The lowest BCUT2D eigenvalue weighted by Crippen LogP contribution is -2.01. The van der Waals surface area contributed by atoms with Gasteiger partial charge in [-0.25, -0.2) is 4.98 Å². The maximum Gasteiger partial charge on any atom is 0.230 e. The number of halogens is 2. The van der Waals surface area contributed by atoms with E-state index in [9.17, 15) is 0 Å². The van der Waals surface area contributed by atoms with E-state index in [0.717, 1.165) is 11.3 Å². The molecule has 2 rings (SSSR count). The topological polar surface area (TPSA) is 63.8 Å². The van der Waals surface area contributed by atoms with Crippen molar-refractivity contribution in [1.82, 2.24) is 9.97 Å². The number of nitrogens with two attached hydrogens (primary N) is 1. The Labute approximate surface area is 112 Å². The minimum absolute atomic E-state index is 0.404. The Bertz CT molecular complexity index is 539. The lowest BCUT2D eigenvalue weighted by Gasteiger charge is -2.08. The van der Waals surface area contributed by atoms with Gasteiger partial charge in [0.1, 0.15) is 10.4 Å². The molecule has 6 heteroatoms. The van der Waals surface area contributed by atoms with Gasteiger partial charge in [-0.15, -0.1) is 0 Å². The maximum absolute atomic E-state index is 5.88. The van der Waals surface area contributed by atoms with Crippen molar-refractivity contribution in [2.24, 2.45) is 0 Å². The van der Waals surface area contributed by atoms with Crippen molar-refractivity contribution in [3.8, 4) is 0 Å². The Morgan fingerprint density at radius 3 is 2.71 bits per heavy atom. The van der Waals surface area contributed by atoms with Gasteiger partial charge in [-0.1, -0.05) is 11.6 Å². The van der Waals surface area contributed by atoms with E-state index in [4.69, 9.17) is 17.3 Å². The van der Waals surface area contributed by atoms with Crippen molar-refractivity contribution in [2.45, 2.75) is 6.92 Å². The fourth-order valence-corrected chi connectivity index (χ4v) is 2.01. The summed E-state index contributed by atoms with van der Waals surface area (Å²) in [6.45, 7) is 1.95.